The first-order chi connectivity index (χ1) is 14.1. The summed E-state index contributed by atoms with van der Waals surface area (Å²) in [6.07, 6.45) is 7.38. The van der Waals surface area contributed by atoms with Crippen molar-refractivity contribution in [2.75, 3.05) is 5.75 Å². The van der Waals surface area contributed by atoms with E-state index >= 15 is 0 Å². The molecule has 7 heteroatoms. The van der Waals surface area contributed by atoms with Crippen LogP contribution in [0.3, 0.4) is 0 Å². The zero-order valence-corrected chi connectivity index (χ0v) is 18.1. The standard InChI is InChI=1S/C22H30N4O2S/c1-4-14-26-21(17(3)28-19-13-9-8-10-16(19)2)24-25-22(26)29-15-20(27)23-18-11-6-5-7-12-18/h4,8-10,13,17-18H,1,5-7,11-12,14-15H2,2-3H3,(H,23,27). The molecule has 1 aliphatic rings. The average molecular weight is 415 g/mol. The lowest BCUT2D eigenvalue weighted by Gasteiger charge is -2.22. The number of carbonyl (C=O) groups is 1. The van der Waals surface area contributed by atoms with Crippen molar-refractivity contribution in [2.24, 2.45) is 0 Å². The van der Waals surface area contributed by atoms with Gasteiger partial charge in [0.25, 0.3) is 0 Å². The number of ether oxygens (including phenoxy) is 1. The van der Waals surface area contributed by atoms with Gasteiger partial charge in [-0.05, 0) is 38.3 Å². The summed E-state index contributed by atoms with van der Waals surface area (Å²) in [7, 11) is 0. The smallest absolute Gasteiger partial charge is 0.230 e. The normalized spacial score (nSPS) is 15.7. The van der Waals surface area contributed by atoms with Crippen molar-refractivity contribution in [3.05, 3.63) is 48.3 Å². The van der Waals surface area contributed by atoms with Crippen LogP contribution in [0, 0.1) is 6.92 Å². The van der Waals surface area contributed by atoms with Gasteiger partial charge in [0.2, 0.25) is 5.91 Å². The number of amides is 1. The molecule has 156 valence electrons. The zero-order chi connectivity index (χ0) is 20.6. The van der Waals surface area contributed by atoms with Crippen LogP contribution < -0.4 is 10.1 Å². The highest BCUT2D eigenvalue weighted by Gasteiger charge is 2.21. The van der Waals surface area contributed by atoms with E-state index in [0.29, 0.717) is 23.5 Å². The quantitative estimate of drug-likeness (QED) is 0.485. The van der Waals surface area contributed by atoms with Gasteiger partial charge in [0, 0.05) is 12.6 Å². The Morgan fingerprint density at radius 2 is 2.10 bits per heavy atom. The SMILES string of the molecule is C=CCn1c(SCC(=O)NC2CCCCC2)nnc1C(C)Oc1ccccc1C. The summed E-state index contributed by atoms with van der Waals surface area (Å²) < 4.78 is 8.08. The molecule has 0 bridgehead atoms. The van der Waals surface area contributed by atoms with Crippen LogP contribution in [0.4, 0.5) is 0 Å². The van der Waals surface area contributed by atoms with E-state index in [-0.39, 0.29) is 12.0 Å². The summed E-state index contributed by atoms with van der Waals surface area (Å²) in [4.78, 5) is 12.3. The van der Waals surface area contributed by atoms with Gasteiger partial charge in [-0.15, -0.1) is 16.8 Å². The number of hydrogen-bond acceptors (Lipinski definition) is 5. The minimum atomic E-state index is -0.269. The predicted molar refractivity (Wildman–Crippen MR) is 116 cm³/mol. The van der Waals surface area contributed by atoms with Crippen LogP contribution in [-0.4, -0.2) is 32.5 Å². The Morgan fingerprint density at radius 1 is 1.34 bits per heavy atom. The maximum atomic E-state index is 12.3. The lowest BCUT2D eigenvalue weighted by atomic mass is 9.95. The number of aromatic nitrogens is 3. The van der Waals surface area contributed by atoms with E-state index in [1.807, 2.05) is 42.7 Å². The lowest BCUT2D eigenvalue weighted by molar-refractivity contribution is -0.119. The van der Waals surface area contributed by atoms with E-state index in [2.05, 4.69) is 22.1 Å². The van der Waals surface area contributed by atoms with Crippen LogP contribution in [0.15, 0.2) is 42.1 Å². The molecule has 0 radical (unpaired) electrons. The summed E-state index contributed by atoms with van der Waals surface area (Å²) in [6.45, 7) is 8.38. The molecule has 1 fully saturated rings. The van der Waals surface area contributed by atoms with Crippen molar-refractivity contribution < 1.29 is 9.53 Å². The molecular weight excluding hydrogens is 384 g/mol. The molecule has 1 unspecified atom stereocenters. The van der Waals surface area contributed by atoms with Crippen LogP contribution in [0.2, 0.25) is 0 Å². The molecule has 3 rings (SSSR count). The Labute approximate surface area is 177 Å². The first kappa shape index (κ1) is 21.4. The second-order valence-electron chi connectivity index (χ2n) is 7.46. The summed E-state index contributed by atoms with van der Waals surface area (Å²) in [5.41, 5.74) is 1.07. The van der Waals surface area contributed by atoms with Crippen LogP contribution in [0.5, 0.6) is 5.75 Å². The molecule has 1 aromatic heterocycles. The largest absolute Gasteiger partial charge is 0.482 e. The molecule has 1 aromatic carbocycles. The fourth-order valence-electron chi connectivity index (χ4n) is 3.59. The number of nitrogens with zero attached hydrogens (tertiary/aromatic N) is 3. The number of nitrogens with one attached hydrogen (secondary N) is 1. The molecule has 1 N–H and O–H groups in total. The third-order valence-corrected chi connectivity index (χ3v) is 6.09. The number of benzene rings is 1. The van der Waals surface area contributed by atoms with E-state index < -0.39 is 0 Å². The average Bonchev–Trinajstić information content (AvgIpc) is 3.12. The molecule has 0 saturated heterocycles. The van der Waals surface area contributed by atoms with Crippen molar-refractivity contribution in [2.45, 2.75) is 69.8 Å². The van der Waals surface area contributed by atoms with Crippen LogP contribution in [0.25, 0.3) is 0 Å². The number of carbonyl (C=O) groups excluding carboxylic acids is 1. The molecule has 1 heterocycles. The van der Waals surface area contributed by atoms with Crippen molar-refractivity contribution in [3.8, 4) is 5.75 Å². The zero-order valence-electron chi connectivity index (χ0n) is 17.3. The first-order valence-electron chi connectivity index (χ1n) is 10.3. The Bertz CT molecular complexity index is 830. The highest BCUT2D eigenvalue weighted by molar-refractivity contribution is 7.99. The fraction of sp³-hybridized carbons (Fsp3) is 0.500. The van der Waals surface area contributed by atoms with E-state index in [1.165, 1.54) is 31.0 Å². The van der Waals surface area contributed by atoms with E-state index in [0.717, 1.165) is 30.0 Å². The van der Waals surface area contributed by atoms with Crippen LogP contribution >= 0.6 is 11.8 Å². The molecule has 6 nitrogen and oxygen atoms in total. The van der Waals surface area contributed by atoms with Gasteiger partial charge < -0.3 is 10.1 Å². The Kier molecular flexibility index (Phi) is 7.75. The maximum Gasteiger partial charge on any atom is 0.230 e. The molecule has 0 spiro atoms. The summed E-state index contributed by atoms with van der Waals surface area (Å²) in [5.74, 6) is 1.94. The fourth-order valence-corrected chi connectivity index (χ4v) is 4.35. The van der Waals surface area contributed by atoms with Gasteiger partial charge in [0.05, 0.1) is 5.75 Å². The first-order valence-corrected chi connectivity index (χ1v) is 11.3. The molecule has 1 saturated carbocycles. The van der Waals surface area contributed by atoms with Crippen molar-refractivity contribution in [1.29, 1.82) is 0 Å². The van der Waals surface area contributed by atoms with Crippen LogP contribution in [0.1, 0.15) is 56.5 Å². The molecule has 2 aromatic rings. The van der Waals surface area contributed by atoms with E-state index in [1.54, 1.807) is 6.08 Å². The van der Waals surface area contributed by atoms with Gasteiger partial charge in [0.15, 0.2) is 17.1 Å². The number of rotatable bonds is 9. The van der Waals surface area contributed by atoms with Gasteiger partial charge in [-0.25, -0.2) is 0 Å². The molecular formula is C22H30N4O2S. The number of thioether (sulfide) groups is 1. The van der Waals surface area contributed by atoms with E-state index in [4.69, 9.17) is 4.74 Å². The minimum Gasteiger partial charge on any atom is -0.482 e. The third kappa shape index (κ3) is 5.85. The Balaban J connectivity index is 1.63. The second-order valence-corrected chi connectivity index (χ2v) is 8.40. The highest BCUT2D eigenvalue weighted by Crippen LogP contribution is 2.26. The molecule has 29 heavy (non-hydrogen) atoms. The monoisotopic (exact) mass is 414 g/mol. The predicted octanol–water partition coefficient (Wildman–Crippen LogP) is 4.45. The summed E-state index contributed by atoms with van der Waals surface area (Å²) in [5, 5.41) is 12.5. The topological polar surface area (TPSA) is 69.0 Å². The van der Waals surface area contributed by atoms with Crippen molar-refractivity contribution >= 4 is 17.7 Å². The number of para-hydroxylation sites is 1. The number of allylic oxidation sites excluding steroid dienone is 1. The summed E-state index contributed by atoms with van der Waals surface area (Å²) in [6, 6.07) is 8.23. The van der Waals surface area contributed by atoms with Crippen molar-refractivity contribution in [3.63, 3.8) is 0 Å². The van der Waals surface area contributed by atoms with Crippen molar-refractivity contribution in [1.82, 2.24) is 20.1 Å². The van der Waals surface area contributed by atoms with Crippen LogP contribution in [-0.2, 0) is 11.3 Å². The Hall–Kier alpha value is -2.28. The highest BCUT2D eigenvalue weighted by atomic mass is 32.2. The van der Waals surface area contributed by atoms with Gasteiger partial charge in [-0.2, -0.15) is 0 Å². The molecule has 0 aliphatic heterocycles. The summed E-state index contributed by atoms with van der Waals surface area (Å²) >= 11 is 1.41. The lowest BCUT2D eigenvalue weighted by Crippen LogP contribution is -2.37. The Morgan fingerprint density at radius 3 is 2.83 bits per heavy atom. The molecule has 1 amide bonds. The second kappa shape index (κ2) is 10.5. The maximum absolute atomic E-state index is 12.3. The number of hydrogen-bond donors (Lipinski definition) is 1. The molecule has 1 atom stereocenters. The van der Waals surface area contributed by atoms with Gasteiger partial charge >= 0.3 is 0 Å². The van der Waals surface area contributed by atoms with E-state index in [9.17, 15) is 4.79 Å². The number of aryl methyl sites for hydroxylation is 1. The minimum absolute atomic E-state index is 0.0563. The molecule has 1 aliphatic carbocycles. The third-order valence-electron chi connectivity index (χ3n) is 5.12. The van der Waals surface area contributed by atoms with Gasteiger partial charge in [-0.3, -0.25) is 9.36 Å². The van der Waals surface area contributed by atoms with Gasteiger partial charge in [0.1, 0.15) is 5.75 Å². The van der Waals surface area contributed by atoms with Gasteiger partial charge in [-0.1, -0.05) is 55.3 Å².